The number of methoxy groups -OCH3 is 2. The number of guanidine groups is 1. The molecule has 0 aliphatic carbocycles. The van der Waals surface area contributed by atoms with Gasteiger partial charge in [-0.15, -0.1) is 24.0 Å². The molecule has 178 valence electrons. The van der Waals surface area contributed by atoms with Crippen molar-refractivity contribution >= 4 is 35.6 Å². The molecule has 2 N–H and O–H groups in total. The summed E-state index contributed by atoms with van der Waals surface area (Å²) < 4.78 is 15.7. The number of nitrogens with zero attached hydrogens (tertiary/aromatic N) is 3. The molecular formula is C22H40IN5O3. The quantitative estimate of drug-likeness (QED) is 0.169. The van der Waals surface area contributed by atoms with E-state index in [1.165, 1.54) is 5.69 Å². The number of hydrogen-bond acceptors (Lipinski definition) is 6. The highest BCUT2D eigenvalue weighted by molar-refractivity contribution is 14.0. The van der Waals surface area contributed by atoms with Gasteiger partial charge in [-0.1, -0.05) is 0 Å². The van der Waals surface area contributed by atoms with Crippen molar-refractivity contribution in [3.63, 3.8) is 0 Å². The Kier molecular flexibility index (Phi) is 15.5. The van der Waals surface area contributed by atoms with Crippen molar-refractivity contribution in [1.29, 1.82) is 0 Å². The summed E-state index contributed by atoms with van der Waals surface area (Å²) in [5.41, 5.74) is 1.27. The summed E-state index contributed by atoms with van der Waals surface area (Å²) in [5, 5.41) is 6.72. The van der Waals surface area contributed by atoms with E-state index in [0.29, 0.717) is 13.2 Å². The molecule has 0 radical (unpaired) electrons. The predicted molar refractivity (Wildman–Crippen MR) is 138 cm³/mol. The van der Waals surface area contributed by atoms with Crippen LogP contribution in [0.25, 0.3) is 0 Å². The fourth-order valence-corrected chi connectivity index (χ4v) is 3.38. The van der Waals surface area contributed by atoms with E-state index in [4.69, 9.17) is 14.2 Å². The number of hydrogen-bond donors (Lipinski definition) is 2. The van der Waals surface area contributed by atoms with Crippen molar-refractivity contribution < 1.29 is 14.2 Å². The average molecular weight is 549 g/mol. The maximum absolute atomic E-state index is 5.46. The fourth-order valence-electron chi connectivity index (χ4n) is 3.38. The van der Waals surface area contributed by atoms with Crippen LogP contribution in [0.5, 0.6) is 5.75 Å². The molecule has 0 bridgehead atoms. The number of benzene rings is 1. The van der Waals surface area contributed by atoms with Gasteiger partial charge in [-0.3, -0.25) is 9.89 Å². The van der Waals surface area contributed by atoms with Crippen molar-refractivity contribution in [2.24, 2.45) is 4.99 Å². The van der Waals surface area contributed by atoms with Gasteiger partial charge in [0, 0.05) is 65.7 Å². The summed E-state index contributed by atoms with van der Waals surface area (Å²) >= 11 is 0. The van der Waals surface area contributed by atoms with Crippen LogP contribution in [0.4, 0.5) is 5.69 Å². The van der Waals surface area contributed by atoms with E-state index >= 15 is 0 Å². The topological polar surface area (TPSA) is 70.6 Å². The summed E-state index contributed by atoms with van der Waals surface area (Å²) in [7, 11) is 5.20. The second-order valence-corrected chi connectivity index (χ2v) is 7.26. The Balaban J connectivity index is 0.00000480. The molecule has 1 aliphatic rings. The van der Waals surface area contributed by atoms with Crippen LogP contribution < -0.4 is 20.3 Å². The number of piperazine rings is 1. The van der Waals surface area contributed by atoms with Crippen molar-refractivity contribution in [2.45, 2.75) is 12.8 Å². The molecule has 0 spiro atoms. The zero-order valence-electron chi connectivity index (χ0n) is 19.3. The maximum Gasteiger partial charge on any atom is 0.190 e. The summed E-state index contributed by atoms with van der Waals surface area (Å²) in [5.74, 6) is 1.76. The molecule has 9 heteroatoms. The van der Waals surface area contributed by atoms with Gasteiger partial charge in [-0.2, -0.15) is 0 Å². The Bertz CT molecular complexity index is 595. The molecular weight excluding hydrogens is 509 g/mol. The predicted octanol–water partition coefficient (Wildman–Crippen LogP) is 2.04. The highest BCUT2D eigenvalue weighted by Crippen LogP contribution is 2.20. The van der Waals surface area contributed by atoms with E-state index in [9.17, 15) is 0 Å². The van der Waals surface area contributed by atoms with Crippen LogP contribution in [0.3, 0.4) is 0 Å². The van der Waals surface area contributed by atoms with E-state index in [0.717, 1.165) is 77.0 Å². The van der Waals surface area contributed by atoms with Gasteiger partial charge >= 0.3 is 0 Å². The van der Waals surface area contributed by atoms with Crippen molar-refractivity contribution in [3.8, 4) is 5.75 Å². The largest absolute Gasteiger partial charge is 0.497 e. The van der Waals surface area contributed by atoms with Gasteiger partial charge in [0.15, 0.2) is 5.96 Å². The van der Waals surface area contributed by atoms with Gasteiger partial charge < -0.3 is 29.7 Å². The number of rotatable bonds is 13. The molecule has 0 amide bonds. The van der Waals surface area contributed by atoms with Crippen LogP contribution in [0.15, 0.2) is 29.3 Å². The lowest BCUT2D eigenvalue weighted by atomic mass is 10.2. The zero-order chi connectivity index (χ0) is 21.4. The minimum absolute atomic E-state index is 0. The number of ether oxygens (including phenoxy) is 3. The van der Waals surface area contributed by atoms with E-state index < -0.39 is 0 Å². The molecule has 31 heavy (non-hydrogen) atoms. The lowest BCUT2D eigenvalue weighted by molar-refractivity contribution is 0.0698. The van der Waals surface area contributed by atoms with Gasteiger partial charge in [0.25, 0.3) is 0 Å². The lowest BCUT2D eigenvalue weighted by Crippen LogP contribution is -2.47. The first-order valence-corrected chi connectivity index (χ1v) is 10.9. The molecule has 1 aromatic carbocycles. The molecule has 2 rings (SSSR count). The summed E-state index contributed by atoms with van der Waals surface area (Å²) in [6, 6.07) is 8.34. The molecule has 1 fully saturated rings. The number of aliphatic imine (C=N–C) groups is 1. The van der Waals surface area contributed by atoms with Gasteiger partial charge in [-0.05, 0) is 43.7 Å². The summed E-state index contributed by atoms with van der Waals surface area (Å²) in [4.78, 5) is 9.26. The highest BCUT2D eigenvalue weighted by Gasteiger charge is 2.16. The Morgan fingerprint density at radius 2 is 1.61 bits per heavy atom. The molecule has 1 aromatic rings. The van der Waals surface area contributed by atoms with Crippen LogP contribution in [-0.4, -0.2) is 97.8 Å². The van der Waals surface area contributed by atoms with E-state index in [1.807, 2.05) is 19.2 Å². The third-order valence-electron chi connectivity index (χ3n) is 5.17. The van der Waals surface area contributed by atoms with Crippen LogP contribution in [0.2, 0.25) is 0 Å². The van der Waals surface area contributed by atoms with Crippen molar-refractivity contribution in [2.75, 3.05) is 91.8 Å². The van der Waals surface area contributed by atoms with E-state index in [1.54, 1.807) is 14.2 Å². The SMILES string of the molecule is CN=C(NCCCOCCOC)NCCCN1CCN(c2ccc(OC)cc2)CC1.I. The van der Waals surface area contributed by atoms with Gasteiger partial charge in [-0.25, -0.2) is 0 Å². The second-order valence-electron chi connectivity index (χ2n) is 7.26. The van der Waals surface area contributed by atoms with Crippen LogP contribution >= 0.6 is 24.0 Å². The third kappa shape index (κ3) is 11.2. The van der Waals surface area contributed by atoms with Crippen LogP contribution in [-0.2, 0) is 9.47 Å². The van der Waals surface area contributed by atoms with Crippen LogP contribution in [0, 0.1) is 0 Å². The van der Waals surface area contributed by atoms with Crippen molar-refractivity contribution in [3.05, 3.63) is 24.3 Å². The van der Waals surface area contributed by atoms with Gasteiger partial charge in [0.1, 0.15) is 5.75 Å². The molecule has 1 heterocycles. The average Bonchev–Trinajstić information content (AvgIpc) is 2.80. The summed E-state index contributed by atoms with van der Waals surface area (Å²) in [6.45, 7) is 9.23. The fraction of sp³-hybridized carbons (Fsp3) is 0.682. The molecule has 0 saturated carbocycles. The first-order valence-electron chi connectivity index (χ1n) is 10.9. The number of nitrogens with one attached hydrogen (secondary N) is 2. The zero-order valence-corrected chi connectivity index (χ0v) is 21.6. The third-order valence-corrected chi connectivity index (χ3v) is 5.17. The number of anilines is 1. The first-order chi connectivity index (χ1) is 14.8. The summed E-state index contributed by atoms with van der Waals surface area (Å²) in [6.07, 6.45) is 2.05. The molecule has 0 aromatic heterocycles. The van der Waals surface area contributed by atoms with E-state index in [2.05, 4.69) is 37.6 Å². The monoisotopic (exact) mass is 549 g/mol. The highest BCUT2D eigenvalue weighted by atomic mass is 127. The van der Waals surface area contributed by atoms with Crippen molar-refractivity contribution in [1.82, 2.24) is 15.5 Å². The standard InChI is InChI=1S/C22H39N5O3.HI/c1-23-22(25-11-5-17-30-19-18-28-2)24-10-4-12-26-13-15-27(16-14-26)20-6-8-21(29-3)9-7-20;/h6-9H,4-5,10-19H2,1-3H3,(H2,23,24,25);1H. The molecule has 1 saturated heterocycles. The van der Waals surface area contributed by atoms with E-state index in [-0.39, 0.29) is 24.0 Å². The van der Waals surface area contributed by atoms with Gasteiger partial charge in [0.05, 0.1) is 20.3 Å². The minimum atomic E-state index is 0. The molecule has 8 nitrogen and oxygen atoms in total. The van der Waals surface area contributed by atoms with Crippen LogP contribution in [0.1, 0.15) is 12.8 Å². The number of halogens is 1. The second kappa shape index (κ2) is 17.3. The normalized spacial score (nSPS) is 14.8. The Labute approximate surface area is 204 Å². The smallest absolute Gasteiger partial charge is 0.190 e. The Morgan fingerprint density at radius 1 is 0.935 bits per heavy atom. The Hall–Kier alpha value is -1.30. The molecule has 1 aliphatic heterocycles. The molecule has 0 unspecified atom stereocenters. The minimum Gasteiger partial charge on any atom is -0.497 e. The van der Waals surface area contributed by atoms with Gasteiger partial charge in [0.2, 0.25) is 0 Å². The Morgan fingerprint density at radius 3 is 2.23 bits per heavy atom. The molecule has 0 atom stereocenters. The first kappa shape index (κ1) is 27.7. The maximum atomic E-state index is 5.46. The lowest BCUT2D eigenvalue weighted by Gasteiger charge is -2.36.